The average Bonchev–Trinajstić information content (AvgIpc) is 3.91. The molecule has 4 N–H and O–H groups in total. The zero-order chi connectivity index (χ0) is 36.1. The number of nitrogens with two attached hydrogens (primary N) is 1. The van der Waals surface area contributed by atoms with Crippen molar-refractivity contribution in [3.63, 3.8) is 0 Å². The molecule has 0 aromatic carbocycles. The maximum absolute atomic E-state index is 9.85. The van der Waals surface area contributed by atoms with E-state index in [0.717, 1.165) is 28.1 Å². The minimum atomic E-state index is -1.21. The zero-order valence-electron chi connectivity index (χ0n) is 29.7. The van der Waals surface area contributed by atoms with E-state index in [4.69, 9.17) is 43.6 Å². The quantitative estimate of drug-likeness (QED) is 0.276. The molecule has 1 spiro atoms. The fourth-order valence-corrected chi connectivity index (χ4v) is 7.76. The first-order chi connectivity index (χ1) is 24.1. The Morgan fingerprint density at radius 3 is 1.84 bits per heavy atom. The number of hydrogen-bond acceptors (Lipinski definition) is 15. The smallest absolute Gasteiger partial charge is 0.164 e. The predicted molar refractivity (Wildman–Crippen MR) is 176 cm³/mol. The van der Waals surface area contributed by atoms with Crippen LogP contribution in [0, 0.1) is 6.92 Å². The summed E-state index contributed by atoms with van der Waals surface area (Å²) in [5.41, 5.74) is 8.07. The van der Waals surface area contributed by atoms with Gasteiger partial charge in [0.2, 0.25) is 0 Å². The van der Waals surface area contributed by atoms with Gasteiger partial charge in [-0.15, -0.1) is 0 Å². The summed E-state index contributed by atoms with van der Waals surface area (Å²) < 4.78 is 52.3. The molecule has 0 bridgehead atoms. The number of ether oxygens (including phenoxy) is 8. The maximum Gasteiger partial charge on any atom is 0.164 e. The van der Waals surface area contributed by atoms with Gasteiger partial charge in [-0.25, -0.2) is 19.0 Å². The van der Waals surface area contributed by atoms with Gasteiger partial charge in [0.25, 0.3) is 0 Å². The molecule has 4 aromatic rings. The molecule has 5 aliphatic rings. The number of nitrogen functional groups attached to an aromatic ring is 1. The maximum atomic E-state index is 9.85. The van der Waals surface area contributed by atoms with E-state index in [9.17, 15) is 10.2 Å². The number of aromatic nitrogens is 6. The lowest BCUT2D eigenvalue weighted by molar-refractivity contribution is -0.327. The van der Waals surface area contributed by atoms with Gasteiger partial charge in [-0.3, -0.25) is 0 Å². The normalized spacial score (nSPS) is 32.3. The van der Waals surface area contributed by atoms with Crippen molar-refractivity contribution >= 4 is 16.9 Å². The van der Waals surface area contributed by atoms with E-state index >= 15 is 0 Å². The Balaban J connectivity index is 0.000000148. The van der Waals surface area contributed by atoms with Crippen LogP contribution >= 0.6 is 0 Å². The van der Waals surface area contributed by atoms with Crippen LogP contribution in [0.1, 0.15) is 70.8 Å². The van der Waals surface area contributed by atoms with Crippen molar-refractivity contribution < 1.29 is 48.1 Å². The van der Waals surface area contributed by atoms with Crippen molar-refractivity contribution in [2.24, 2.45) is 0 Å². The van der Waals surface area contributed by atoms with Crippen molar-refractivity contribution in [3.05, 3.63) is 54.0 Å². The van der Waals surface area contributed by atoms with Gasteiger partial charge in [-0.05, 0) is 72.7 Å². The van der Waals surface area contributed by atoms with E-state index in [0.29, 0.717) is 19.0 Å². The molecule has 5 fully saturated rings. The molecular weight excluding hydrogens is 666 g/mol. The third-order valence-corrected chi connectivity index (χ3v) is 10.2. The van der Waals surface area contributed by atoms with Crippen molar-refractivity contribution in [2.45, 2.75) is 114 Å². The topological polar surface area (TPSA) is 201 Å². The van der Waals surface area contributed by atoms with Crippen LogP contribution in [0.25, 0.3) is 11.0 Å². The van der Waals surface area contributed by atoms with Crippen LogP contribution in [0.15, 0.2) is 36.9 Å². The van der Waals surface area contributed by atoms with Crippen LogP contribution < -0.4 is 5.73 Å². The van der Waals surface area contributed by atoms with Gasteiger partial charge in [0, 0.05) is 0 Å². The van der Waals surface area contributed by atoms with E-state index in [-0.39, 0.29) is 25.4 Å². The minimum Gasteiger partial charge on any atom is -0.393 e. The number of aliphatic hydroxyl groups excluding tert-OH is 2. The Labute approximate surface area is 293 Å². The summed E-state index contributed by atoms with van der Waals surface area (Å²) in [7, 11) is 0. The van der Waals surface area contributed by atoms with E-state index in [1.807, 2.05) is 72.7 Å². The third kappa shape index (κ3) is 5.62. The number of aliphatic hydroxyl groups is 2. The van der Waals surface area contributed by atoms with E-state index in [1.54, 1.807) is 9.03 Å². The highest BCUT2D eigenvalue weighted by Crippen LogP contribution is 2.52. The molecule has 0 saturated carbocycles. The molecular formula is C34H45N7O10. The Bertz CT molecular complexity index is 1930. The predicted octanol–water partition coefficient (Wildman–Crippen LogP) is 1.78. The molecule has 9 rings (SSSR count). The first-order valence-electron chi connectivity index (χ1n) is 17.0. The van der Waals surface area contributed by atoms with Crippen LogP contribution in [-0.4, -0.2) is 119 Å². The number of hydrogen-bond donors (Lipinski definition) is 3. The number of nitrogens with zero attached hydrogens (tertiary/aromatic N) is 6. The summed E-state index contributed by atoms with van der Waals surface area (Å²) in [6, 6.07) is 7.64. The second-order valence-corrected chi connectivity index (χ2v) is 15.1. The lowest BCUT2D eigenvalue weighted by Crippen LogP contribution is -2.57. The second-order valence-electron chi connectivity index (χ2n) is 15.1. The summed E-state index contributed by atoms with van der Waals surface area (Å²) in [5, 5.41) is 28.3. The van der Waals surface area contributed by atoms with Crippen molar-refractivity contribution in [2.75, 3.05) is 32.2 Å². The van der Waals surface area contributed by atoms with Gasteiger partial charge in [-0.1, -0.05) is 0 Å². The van der Waals surface area contributed by atoms with Gasteiger partial charge >= 0.3 is 0 Å². The monoisotopic (exact) mass is 711 g/mol. The molecule has 4 aromatic heterocycles. The van der Waals surface area contributed by atoms with Crippen LogP contribution in [0.4, 0.5) is 5.82 Å². The summed E-state index contributed by atoms with van der Waals surface area (Å²) in [6.45, 7) is 13.1. The lowest BCUT2D eigenvalue weighted by atomic mass is 9.94. The van der Waals surface area contributed by atoms with E-state index < -0.39 is 53.0 Å². The zero-order valence-corrected chi connectivity index (χ0v) is 29.7. The Morgan fingerprint density at radius 2 is 1.22 bits per heavy atom. The SMILES string of the molecule is CC1(C)OCC2(CO1)O[C@@H](c1ccc3c(N)ncnn13)[C@@H]1OC(C)(C)O[C@@H]12.Cc1ncnn2c([C@@H]3OC(CO)(CO)[C@H]4OC(C)(C)O[C@@H]34)ccc12. The highest BCUT2D eigenvalue weighted by molar-refractivity contribution is 5.65. The van der Waals surface area contributed by atoms with Gasteiger partial charge in [-0.2, -0.15) is 10.2 Å². The Hall–Kier alpha value is -3.36. The summed E-state index contributed by atoms with van der Waals surface area (Å²) in [5.74, 6) is -1.78. The fourth-order valence-electron chi connectivity index (χ4n) is 7.76. The molecule has 0 amide bonds. The first kappa shape index (κ1) is 34.7. The Morgan fingerprint density at radius 1 is 0.686 bits per heavy atom. The first-order valence-corrected chi connectivity index (χ1v) is 17.0. The molecule has 5 aliphatic heterocycles. The molecule has 5 saturated heterocycles. The number of anilines is 1. The van der Waals surface area contributed by atoms with Gasteiger partial charge in [0.05, 0.1) is 49.0 Å². The molecule has 0 unspecified atom stereocenters. The largest absolute Gasteiger partial charge is 0.393 e. The number of fused-ring (bicyclic) bond motifs is 5. The molecule has 17 nitrogen and oxygen atoms in total. The molecule has 17 heteroatoms. The van der Waals surface area contributed by atoms with Crippen LogP contribution in [0.3, 0.4) is 0 Å². The highest BCUT2D eigenvalue weighted by atomic mass is 16.8. The summed E-state index contributed by atoms with van der Waals surface area (Å²) in [6.07, 6.45) is 0.336. The lowest BCUT2D eigenvalue weighted by Gasteiger charge is -2.43. The van der Waals surface area contributed by atoms with E-state index in [1.165, 1.54) is 12.7 Å². The summed E-state index contributed by atoms with van der Waals surface area (Å²) >= 11 is 0. The summed E-state index contributed by atoms with van der Waals surface area (Å²) in [4.78, 5) is 8.23. The van der Waals surface area contributed by atoms with Crippen LogP contribution in [0.5, 0.6) is 0 Å². The molecule has 9 heterocycles. The molecule has 51 heavy (non-hydrogen) atoms. The average molecular weight is 712 g/mol. The molecule has 276 valence electrons. The third-order valence-electron chi connectivity index (χ3n) is 10.2. The second kappa shape index (κ2) is 11.8. The van der Waals surface area contributed by atoms with Crippen LogP contribution in [0.2, 0.25) is 0 Å². The molecule has 0 aliphatic carbocycles. The molecule has 0 radical (unpaired) electrons. The van der Waals surface area contributed by atoms with Crippen LogP contribution in [-0.2, 0) is 37.9 Å². The molecule has 6 atom stereocenters. The van der Waals surface area contributed by atoms with Crippen molar-refractivity contribution in [1.29, 1.82) is 0 Å². The van der Waals surface area contributed by atoms with Crippen molar-refractivity contribution in [1.82, 2.24) is 29.2 Å². The standard InChI is InChI=1S/C18H24N4O5.C16H21N3O5/c1-16(2)23-7-18(8-24-16)14-13(25-17(3,4)27-14)12(26-18)10-5-6-11-15(19)20-9-21-22(10)11;1-9-10-4-5-11(19(10)18-8-17-9)12-13-14(24-15(2,3)22-13)16(6-20,7-21)23-12/h5-6,9,12-14H,7-8H2,1-4H3,(H2,19,20,21);4-5,8,12-14,20-21H,6-7H2,1-3H3/t2*12-,13-,14-/m00/s1. The number of aryl methyl sites for hydroxylation is 1. The highest BCUT2D eigenvalue weighted by Gasteiger charge is 2.66. The van der Waals surface area contributed by atoms with Crippen molar-refractivity contribution in [3.8, 4) is 0 Å². The van der Waals surface area contributed by atoms with Gasteiger partial charge in [0.15, 0.2) is 23.2 Å². The van der Waals surface area contributed by atoms with Gasteiger partial charge in [0.1, 0.15) is 66.0 Å². The Kier molecular flexibility index (Phi) is 8.05. The van der Waals surface area contributed by atoms with Gasteiger partial charge < -0.3 is 53.8 Å². The van der Waals surface area contributed by atoms with E-state index in [2.05, 4.69) is 20.2 Å². The number of rotatable bonds is 4. The minimum absolute atomic E-state index is 0.317. The fraction of sp³-hybridized carbons (Fsp3) is 0.647.